The number of ether oxygens (including phenoxy) is 3. The minimum atomic E-state index is -1.56. The van der Waals surface area contributed by atoms with Crippen molar-refractivity contribution in [3.8, 4) is 23.1 Å². The molecule has 2 atom stereocenters. The summed E-state index contributed by atoms with van der Waals surface area (Å²) in [6, 6.07) is 11.9. The van der Waals surface area contributed by atoms with Crippen LogP contribution in [0, 0.1) is 0 Å². The van der Waals surface area contributed by atoms with Crippen LogP contribution in [0.3, 0.4) is 0 Å². The number of hydrogen-bond donors (Lipinski definition) is 0. The Bertz CT molecular complexity index is 2420. The van der Waals surface area contributed by atoms with Gasteiger partial charge in [-0.2, -0.15) is 20.2 Å². The standard InChI is InChI=1S/C39H38ClF2N7O3S/c1-47-33-30-35(51-21-23-8-3-2-4-9-23)44-37(52-22-38-11-7-14-48(38)20-24(17-38)18-41)45-36(30)53-34(33)32(46-47)29-25-19-43-49(28-10-5-6-15-50-28)27(25)16-26(40)31(29)39(42)12-13-39/h2-4,8-9,16,18-19,28H,5-7,10-15,17,20-22H2,1H3/b24-18-/t28?,38-/m0/s1. The van der Waals surface area contributed by atoms with Crippen LogP contribution in [0.1, 0.15) is 68.7 Å². The number of benzene rings is 2. The lowest BCUT2D eigenvalue weighted by Gasteiger charge is -2.30. The van der Waals surface area contributed by atoms with Crippen LogP contribution < -0.4 is 9.47 Å². The molecular formula is C39H38ClF2N7O3S. The van der Waals surface area contributed by atoms with Gasteiger partial charge in [0.2, 0.25) is 5.88 Å². The Balaban J connectivity index is 1.12. The van der Waals surface area contributed by atoms with Crippen molar-refractivity contribution < 1.29 is 23.0 Å². The van der Waals surface area contributed by atoms with Crippen LogP contribution in [-0.2, 0) is 24.1 Å². The maximum atomic E-state index is 16.4. The van der Waals surface area contributed by atoms with Crippen molar-refractivity contribution >= 4 is 54.3 Å². The van der Waals surface area contributed by atoms with Gasteiger partial charge in [0.25, 0.3) is 0 Å². The molecule has 6 aromatic rings. The summed E-state index contributed by atoms with van der Waals surface area (Å²) >= 11 is 8.48. The van der Waals surface area contributed by atoms with Crippen molar-refractivity contribution in [3.63, 3.8) is 0 Å². The molecule has 1 aliphatic carbocycles. The maximum absolute atomic E-state index is 16.4. The molecule has 7 heterocycles. The molecule has 4 aliphatic rings. The van der Waals surface area contributed by atoms with Gasteiger partial charge >= 0.3 is 6.01 Å². The van der Waals surface area contributed by atoms with Crippen LogP contribution in [0.25, 0.3) is 42.6 Å². The van der Waals surface area contributed by atoms with E-state index in [1.165, 1.54) is 11.3 Å². The van der Waals surface area contributed by atoms with Gasteiger partial charge in [0.05, 0.1) is 39.2 Å². The van der Waals surface area contributed by atoms with Crippen LogP contribution >= 0.6 is 22.9 Å². The molecule has 14 heteroatoms. The maximum Gasteiger partial charge on any atom is 0.321 e. The van der Waals surface area contributed by atoms with E-state index in [0.29, 0.717) is 77.0 Å². The van der Waals surface area contributed by atoms with E-state index in [2.05, 4.69) is 4.90 Å². The summed E-state index contributed by atoms with van der Waals surface area (Å²) in [5, 5.41) is 11.7. The number of nitrogens with zero attached hydrogens (tertiary/aromatic N) is 7. The quantitative estimate of drug-likeness (QED) is 0.144. The van der Waals surface area contributed by atoms with E-state index in [9.17, 15) is 4.39 Å². The highest BCUT2D eigenvalue weighted by Crippen LogP contribution is 2.57. The van der Waals surface area contributed by atoms with Gasteiger partial charge in [-0.15, -0.1) is 11.3 Å². The average molecular weight is 758 g/mol. The molecule has 10 nitrogen and oxygen atoms in total. The van der Waals surface area contributed by atoms with Gasteiger partial charge in [-0.1, -0.05) is 41.9 Å². The van der Waals surface area contributed by atoms with Crippen LogP contribution in [-0.4, -0.2) is 66.3 Å². The minimum Gasteiger partial charge on any atom is -0.472 e. The lowest BCUT2D eigenvalue weighted by molar-refractivity contribution is -0.0366. The van der Waals surface area contributed by atoms with Crippen LogP contribution in [0.5, 0.6) is 11.9 Å². The molecule has 3 aliphatic heterocycles. The van der Waals surface area contributed by atoms with E-state index < -0.39 is 5.67 Å². The summed E-state index contributed by atoms with van der Waals surface area (Å²) in [5.41, 5.74) is 3.18. The predicted octanol–water partition coefficient (Wildman–Crippen LogP) is 8.96. The Morgan fingerprint density at radius 1 is 1.11 bits per heavy atom. The van der Waals surface area contributed by atoms with Crippen molar-refractivity contribution in [2.75, 3.05) is 26.3 Å². The number of rotatable bonds is 9. The monoisotopic (exact) mass is 757 g/mol. The van der Waals surface area contributed by atoms with Crippen LogP contribution in [0.4, 0.5) is 8.78 Å². The summed E-state index contributed by atoms with van der Waals surface area (Å²) in [6.07, 6.45) is 8.54. The summed E-state index contributed by atoms with van der Waals surface area (Å²) < 4.78 is 53.5. The lowest BCUT2D eigenvalue weighted by Crippen LogP contribution is -2.43. The molecule has 0 N–H and O–H groups in total. The number of hydrogen-bond acceptors (Lipinski definition) is 9. The van der Waals surface area contributed by atoms with Gasteiger partial charge in [0, 0.05) is 41.7 Å². The second-order valence-corrected chi connectivity index (χ2v) is 16.3. The van der Waals surface area contributed by atoms with Gasteiger partial charge in [-0.25, -0.2) is 13.5 Å². The third kappa shape index (κ3) is 5.53. The number of aryl methyl sites for hydroxylation is 1. The third-order valence-corrected chi connectivity index (χ3v) is 12.8. The molecule has 0 amide bonds. The molecule has 4 fully saturated rings. The summed E-state index contributed by atoms with van der Waals surface area (Å²) in [4.78, 5) is 12.8. The van der Waals surface area contributed by atoms with Gasteiger partial charge in [0.1, 0.15) is 29.4 Å². The largest absolute Gasteiger partial charge is 0.472 e. The van der Waals surface area contributed by atoms with Gasteiger partial charge < -0.3 is 14.2 Å². The first-order valence-electron chi connectivity index (χ1n) is 18.4. The Kier molecular flexibility index (Phi) is 8.01. The first kappa shape index (κ1) is 33.4. The predicted molar refractivity (Wildman–Crippen MR) is 200 cm³/mol. The fourth-order valence-electron chi connectivity index (χ4n) is 8.71. The van der Waals surface area contributed by atoms with E-state index in [-0.39, 0.29) is 24.4 Å². The van der Waals surface area contributed by atoms with E-state index in [0.717, 1.165) is 77.2 Å². The molecule has 3 saturated heterocycles. The summed E-state index contributed by atoms with van der Waals surface area (Å²) in [7, 11) is 1.87. The first-order chi connectivity index (χ1) is 25.8. The Morgan fingerprint density at radius 2 is 1.98 bits per heavy atom. The zero-order chi connectivity index (χ0) is 35.9. The van der Waals surface area contributed by atoms with Gasteiger partial charge in [0.15, 0.2) is 6.23 Å². The molecule has 0 radical (unpaired) electrons. The van der Waals surface area contributed by atoms with Crippen molar-refractivity contribution in [3.05, 3.63) is 70.6 Å². The van der Waals surface area contributed by atoms with Crippen molar-refractivity contribution in [1.29, 1.82) is 0 Å². The molecule has 4 aromatic heterocycles. The molecule has 2 aromatic carbocycles. The summed E-state index contributed by atoms with van der Waals surface area (Å²) in [5.74, 6) is 0.370. The highest BCUT2D eigenvalue weighted by molar-refractivity contribution is 7.26. The lowest BCUT2D eigenvalue weighted by atomic mass is 9.94. The number of aromatic nitrogens is 6. The molecule has 274 valence electrons. The Morgan fingerprint density at radius 3 is 2.77 bits per heavy atom. The fraction of sp³-hybridized carbons (Fsp3) is 0.436. The zero-order valence-corrected chi connectivity index (χ0v) is 30.9. The number of halogens is 3. The number of thiophene rings is 1. The summed E-state index contributed by atoms with van der Waals surface area (Å²) in [6.45, 7) is 2.80. The van der Waals surface area contributed by atoms with Crippen LogP contribution in [0.2, 0.25) is 5.02 Å². The number of fused-ring (bicyclic) bond motifs is 5. The SMILES string of the molecule is Cn1nc(-c2c(C3(F)CC3)c(Cl)cc3c2cnn3C2CCCCO2)c2sc3nc(OC[C@@]45CCCN4C/C(=C\F)C5)nc(OCc4ccccc4)c3c21. The highest BCUT2D eigenvalue weighted by atomic mass is 35.5. The smallest absolute Gasteiger partial charge is 0.321 e. The van der Waals surface area contributed by atoms with E-state index >= 15 is 4.39 Å². The van der Waals surface area contributed by atoms with E-state index in [4.69, 9.17) is 46.0 Å². The molecule has 1 saturated carbocycles. The minimum absolute atomic E-state index is 0.195. The fourth-order valence-corrected chi connectivity index (χ4v) is 10.2. The van der Waals surface area contributed by atoms with Gasteiger partial charge in [-0.3, -0.25) is 9.58 Å². The van der Waals surface area contributed by atoms with E-state index in [1.54, 1.807) is 10.9 Å². The van der Waals surface area contributed by atoms with Crippen molar-refractivity contribution in [1.82, 2.24) is 34.4 Å². The van der Waals surface area contributed by atoms with Gasteiger partial charge in [-0.05, 0) is 75.1 Å². The average Bonchev–Trinajstić information content (AvgIpc) is 3.64. The second kappa shape index (κ2) is 12.7. The third-order valence-electron chi connectivity index (χ3n) is 11.5. The molecule has 0 bridgehead atoms. The highest BCUT2D eigenvalue weighted by Gasteiger charge is 2.50. The Hall–Kier alpha value is -4.17. The van der Waals surface area contributed by atoms with Crippen LogP contribution in [0.15, 0.2) is 54.5 Å². The second-order valence-electron chi connectivity index (χ2n) is 14.9. The first-order valence-corrected chi connectivity index (χ1v) is 19.5. The van der Waals surface area contributed by atoms with Crippen molar-refractivity contribution in [2.45, 2.75) is 75.4 Å². The Labute approximate surface area is 313 Å². The molecular weight excluding hydrogens is 720 g/mol. The normalized spacial score (nSPS) is 23.5. The topological polar surface area (TPSA) is 92.4 Å². The molecule has 10 rings (SSSR count). The van der Waals surface area contributed by atoms with Crippen molar-refractivity contribution in [2.24, 2.45) is 7.05 Å². The molecule has 1 unspecified atom stereocenters. The molecule has 53 heavy (non-hydrogen) atoms. The molecule has 0 spiro atoms. The number of alkyl halides is 1. The van der Waals surface area contributed by atoms with E-state index in [1.807, 2.05) is 48.1 Å². The zero-order valence-electron chi connectivity index (χ0n) is 29.3.